The van der Waals surface area contributed by atoms with Gasteiger partial charge in [-0.25, -0.2) is 14.5 Å². The van der Waals surface area contributed by atoms with Crippen LogP contribution in [0.1, 0.15) is 64.5 Å². The molecular weight excluding hydrogens is 668 g/mol. The second kappa shape index (κ2) is 15.8. The van der Waals surface area contributed by atoms with Crippen LogP contribution in [0.2, 0.25) is 0 Å². The highest BCUT2D eigenvalue weighted by molar-refractivity contribution is 8.15. The van der Waals surface area contributed by atoms with Crippen molar-refractivity contribution in [3.8, 4) is 22.8 Å². The molecule has 4 aromatic rings. The number of halogens is 3. The molecule has 264 valence electrons. The first-order valence-electron chi connectivity index (χ1n) is 16.6. The molecule has 1 fully saturated rings. The average molecular weight is 708 g/mol. The van der Waals surface area contributed by atoms with Crippen molar-refractivity contribution >= 4 is 45.9 Å². The minimum atomic E-state index is -4.78. The van der Waals surface area contributed by atoms with Crippen LogP contribution in [0.3, 0.4) is 0 Å². The first-order valence-corrected chi connectivity index (χ1v) is 17.5. The van der Waals surface area contributed by atoms with Crippen LogP contribution in [0.4, 0.5) is 35.0 Å². The number of nitrogens with zero attached hydrogens (tertiary/aromatic N) is 6. The van der Waals surface area contributed by atoms with Crippen molar-refractivity contribution in [2.24, 2.45) is 4.99 Å². The number of aryl methyl sites for hydroxylation is 1. The van der Waals surface area contributed by atoms with Crippen LogP contribution in [0.15, 0.2) is 72.0 Å². The first-order chi connectivity index (χ1) is 23.9. The van der Waals surface area contributed by atoms with E-state index in [2.05, 4.69) is 69.9 Å². The number of anilines is 3. The second-order valence-corrected chi connectivity index (χ2v) is 12.9. The van der Waals surface area contributed by atoms with Crippen LogP contribution in [-0.2, 0) is 11.2 Å². The van der Waals surface area contributed by atoms with Gasteiger partial charge in [0, 0.05) is 30.0 Å². The van der Waals surface area contributed by atoms with Gasteiger partial charge in [0.15, 0.2) is 11.0 Å². The van der Waals surface area contributed by atoms with Gasteiger partial charge in [0.2, 0.25) is 5.91 Å². The molecule has 0 saturated carbocycles. The van der Waals surface area contributed by atoms with Gasteiger partial charge in [0.25, 0.3) is 0 Å². The molecule has 1 N–H and O–H groups in total. The van der Waals surface area contributed by atoms with Gasteiger partial charge in [-0.3, -0.25) is 9.69 Å². The summed E-state index contributed by atoms with van der Waals surface area (Å²) in [5.41, 5.74) is 5.33. The number of thioether (sulfide) groups is 1. The Bertz CT molecular complexity index is 1850. The molecule has 0 spiro atoms. The third-order valence-electron chi connectivity index (χ3n) is 8.00. The molecule has 3 amide bonds. The zero-order valence-electron chi connectivity index (χ0n) is 28.6. The van der Waals surface area contributed by atoms with E-state index >= 15 is 0 Å². The SMILES string of the molecule is CCCN(CCC)c1ccc(C(C)C)c(N2C(=O)CSC2=NC(=O)Nc2ccc(-c3ncn(-c4ccc(OC(F)(F)F)cc4)n3)cc2CC)c1. The van der Waals surface area contributed by atoms with E-state index in [1.165, 1.54) is 47.0 Å². The van der Waals surface area contributed by atoms with Crippen LogP contribution in [0.25, 0.3) is 17.1 Å². The number of urea groups is 1. The van der Waals surface area contributed by atoms with Crippen molar-refractivity contribution < 1.29 is 27.5 Å². The summed E-state index contributed by atoms with van der Waals surface area (Å²) in [6.07, 6.45) is -0.744. The number of hydrogen-bond acceptors (Lipinski definition) is 7. The lowest BCUT2D eigenvalue weighted by atomic mass is 9.99. The number of amides is 3. The number of nitrogens with one attached hydrogen (secondary N) is 1. The maximum absolute atomic E-state index is 13.3. The van der Waals surface area contributed by atoms with Gasteiger partial charge in [0.1, 0.15) is 12.1 Å². The molecule has 1 aliphatic rings. The van der Waals surface area contributed by atoms with Crippen molar-refractivity contribution in [1.82, 2.24) is 14.8 Å². The molecule has 0 unspecified atom stereocenters. The Morgan fingerprint density at radius 1 is 1.04 bits per heavy atom. The Morgan fingerprint density at radius 2 is 1.76 bits per heavy atom. The number of aliphatic imine (C=N–C) groups is 1. The van der Waals surface area contributed by atoms with Gasteiger partial charge in [0.05, 0.1) is 17.1 Å². The predicted octanol–water partition coefficient (Wildman–Crippen LogP) is 8.81. The molecule has 1 saturated heterocycles. The van der Waals surface area contributed by atoms with Crippen LogP contribution in [0, 0.1) is 0 Å². The molecular formula is C36H40F3N7O3S. The molecule has 0 aliphatic carbocycles. The van der Waals surface area contributed by atoms with Crippen LogP contribution in [0.5, 0.6) is 5.75 Å². The lowest BCUT2D eigenvalue weighted by Crippen LogP contribution is -2.32. The Labute approximate surface area is 293 Å². The minimum Gasteiger partial charge on any atom is -0.406 e. The fourth-order valence-corrected chi connectivity index (χ4v) is 6.56. The molecule has 1 aliphatic heterocycles. The Hall–Kier alpha value is -4.85. The van der Waals surface area contributed by atoms with Crippen molar-refractivity contribution in [2.75, 3.05) is 34.0 Å². The maximum atomic E-state index is 13.3. The van der Waals surface area contributed by atoms with Crippen LogP contribution in [-0.4, -0.2) is 57.1 Å². The molecule has 14 heteroatoms. The van der Waals surface area contributed by atoms with Gasteiger partial charge in [-0.2, -0.15) is 4.99 Å². The number of hydrogen-bond donors (Lipinski definition) is 1. The number of amidine groups is 1. The zero-order valence-corrected chi connectivity index (χ0v) is 29.4. The lowest BCUT2D eigenvalue weighted by Gasteiger charge is -2.28. The molecule has 5 rings (SSSR count). The number of alkyl halides is 3. The summed E-state index contributed by atoms with van der Waals surface area (Å²) in [5, 5.41) is 7.69. The normalized spacial score (nSPS) is 14.1. The van der Waals surface area contributed by atoms with Crippen molar-refractivity contribution in [1.29, 1.82) is 0 Å². The summed E-state index contributed by atoms with van der Waals surface area (Å²) in [7, 11) is 0. The maximum Gasteiger partial charge on any atom is 0.573 e. The van der Waals surface area contributed by atoms with Crippen molar-refractivity contribution in [3.05, 3.63) is 78.1 Å². The Balaban J connectivity index is 1.36. The third kappa shape index (κ3) is 8.65. The van der Waals surface area contributed by atoms with Crippen molar-refractivity contribution in [2.45, 2.75) is 66.2 Å². The number of carbonyl (C=O) groups excluding carboxylic acids is 2. The largest absolute Gasteiger partial charge is 0.573 e. The van der Waals surface area contributed by atoms with Crippen molar-refractivity contribution in [3.63, 3.8) is 0 Å². The van der Waals surface area contributed by atoms with E-state index in [0.29, 0.717) is 34.4 Å². The van der Waals surface area contributed by atoms with E-state index in [4.69, 9.17) is 0 Å². The first kappa shape index (κ1) is 36.4. The van der Waals surface area contributed by atoms with E-state index in [9.17, 15) is 22.8 Å². The van der Waals surface area contributed by atoms with Gasteiger partial charge >= 0.3 is 12.4 Å². The molecule has 10 nitrogen and oxygen atoms in total. The van der Waals surface area contributed by atoms with E-state index in [1.54, 1.807) is 17.0 Å². The molecule has 0 radical (unpaired) electrons. The lowest BCUT2D eigenvalue weighted by molar-refractivity contribution is -0.274. The van der Waals surface area contributed by atoms with Gasteiger partial charge in [-0.05, 0) is 90.9 Å². The summed E-state index contributed by atoms with van der Waals surface area (Å²) in [6, 6.07) is 16.3. The Morgan fingerprint density at radius 3 is 2.40 bits per heavy atom. The van der Waals surface area contributed by atoms with E-state index < -0.39 is 12.4 Å². The summed E-state index contributed by atoms with van der Waals surface area (Å²) >= 11 is 1.24. The highest BCUT2D eigenvalue weighted by Gasteiger charge is 2.33. The Kier molecular flexibility index (Phi) is 11.5. The summed E-state index contributed by atoms with van der Waals surface area (Å²) < 4.78 is 42.9. The fourth-order valence-electron chi connectivity index (χ4n) is 5.70. The highest BCUT2D eigenvalue weighted by atomic mass is 32.2. The average Bonchev–Trinajstić information content (AvgIpc) is 3.71. The van der Waals surface area contributed by atoms with E-state index in [1.807, 2.05) is 19.1 Å². The van der Waals surface area contributed by atoms with Gasteiger partial charge < -0.3 is 15.0 Å². The summed E-state index contributed by atoms with van der Waals surface area (Å²) in [6.45, 7) is 12.2. The molecule has 1 aromatic heterocycles. The standard InChI is InChI=1S/C36H40F3N7O3S/c1-6-17-44(18-7-2)27-12-15-29(23(4)5)31(20-27)46-32(47)21-50-35(46)42-34(48)41-30-16-9-25(19-24(30)8-3)33-40-22-45(43-33)26-10-13-28(14-11-26)49-36(37,38)39/h9-16,19-20,22-23H,6-8,17-18,21H2,1-5H3,(H,41,48). The number of carbonyl (C=O) groups is 2. The minimum absolute atomic E-state index is 0.130. The van der Waals surface area contributed by atoms with Gasteiger partial charge in [-0.1, -0.05) is 52.4 Å². The quantitative estimate of drug-likeness (QED) is 0.157. The number of benzene rings is 3. The second-order valence-electron chi connectivity index (χ2n) is 12.0. The smallest absolute Gasteiger partial charge is 0.406 e. The number of ether oxygens (including phenoxy) is 1. The predicted molar refractivity (Wildman–Crippen MR) is 193 cm³/mol. The monoisotopic (exact) mass is 707 g/mol. The van der Waals surface area contributed by atoms with Crippen LogP contribution < -0.4 is 19.9 Å². The molecule has 3 aromatic carbocycles. The molecule has 0 bridgehead atoms. The van der Waals surface area contributed by atoms with E-state index in [-0.39, 0.29) is 23.3 Å². The van der Waals surface area contributed by atoms with Crippen LogP contribution >= 0.6 is 11.8 Å². The summed E-state index contributed by atoms with van der Waals surface area (Å²) in [4.78, 5) is 39.2. The zero-order chi connectivity index (χ0) is 36.0. The third-order valence-corrected chi connectivity index (χ3v) is 8.93. The number of aromatic nitrogens is 3. The highest BCUT2D eigenvalue weighted by Crippen LogP contribution is 2.37. The fraction of sp³-hybridized carbons (Fsp3) is 0.361. The molecule has 2 heterocycles. The number of rotatable bonds is 12. The molecule has 50 heavy (non-hydrogen) atoms. The topological polar surface area (TPSA) is 105 Å². The van der Waals surface area contributed by atoms with E-state index in [0.717, 1.165) is 48.4 Å². The van der Waals surface area contributed by atoms with Gasteiger partial charge in [-0.15, -0.1) is 18.3 Å². The molecule has 0 atom stereocenters. The summed E-state index contributed by atoms with van der Waals surface area (Å²) in [5.74, 6) is 0.252.